The lowest BCUT2D eigenvalue weighted by Gasteiger charge is -2.31. The molecule has 2 amide bonds. The van der Waals surface area contributed by atoms with Gasteiger partial charge in [-0.2, -0.15) is 0 Å². The van der Waals surface area contributed by atoms with E-state index in [9.17, 15) is 9.59 Å². The normalized spacial score (nSPS) is 11.8. The Morgan fingerprint density at radius 2 is 1.57 bits per heavy atom. The van der Waals surface area contributed by atoms with E-state index in [1.807, 2.05) is 61.5 Å². The Morgan fingerprint density at radius 1 is 0.886 bits per heavy atom. The highest BCUT2D eigenvalue weighted by molar-refractivity contribution is 9.10. The predicted molar refractivity (Wildman–Crippen MR) is 146 cm³/mol. The third-order valence-corrected chi connectivity index (χ3v) is 6.63. The number of nitrogens with one attached hydrogen (secondary N) is 1. The quantitative estimate of drug-likeness (QED) is 0.314. The first kappa shape index (κ1) is 26.7. The lowest BCUT2D eigenvalue weighted by Crippen LogP contribution is -2.50. The van der Waals surface area contributed by atoms with Gasteiger partial charge in [0.2, 0.25) is 11.8 Å². The Bertz CT molecular complexity index is 1100. The second kappa shape index (κ2) is 13.2. The van der Waals surface area contributed by atoms with Crippen molar-refractivity contribution in [2.45, 2.75) is 58.5 Å². The zero-order chi connectivity index (χ0) is 25.2. The molecule has 0 aliphatic heterocycles. The summed E-state index contributed by atoms with van der Waals surface area (Å²) in [6, 6.07) is 25.7. The Balaban J connectivity index is 1.86. The molecule has 0 aliphatic rings. The molecule has 0 fully saturated rings. The monoisotopic (exact) mass is 534 g/mol. The van der Waals surface area contributed by atoms with Crippen molar-refractivity contribution in [3.8, 4) is 0 Å². The van der Waals surface area contributed by atoms with Crippen LogP contribution < -0.4 is 5.32 Å². The smallest absolute Gasteiger partial charge is 0.243 e. The molecule has 1 atom stereocenters. The molecule has 35 heavy (non-hydrogen) atoms. The molecule has 0 saturated carbocycles. The van der Waals surface area contributed by atoms with Gasteiger partial charge in [-0.25, -0.2) is 0 Å². The Kier molecular flexibility index (Phi) is 10.1. The molecule has 0 aromatic heterocycles. The predicted octanol–water partition coefficient (Wildman–Crippen LogP) is 6.28. The molecule has 0 heterocycles. The van der Waals surface area contributed by atoms with Gasteiger partial charge in [-0.05, 0) is 53.6 Å². The van der Waals surface area contributed by atoms with E-state index in [-0.39, 0.29) is 11.8 Å². The van der Waals surface area contributed by atoms with Crippen LogP contribution in [0.3, 0.4) is 0 Å². The van der Waals surface area contributed by atoms with Crippen molar-refractivity contribution in [1.82, 2.24) is 10.2 Å². The summed E-state index contributed by atoms with van der Waals surface area (Å²) >= 11 is 3.53. The molecule has 0 saturated heterocycles. The van der Waals surface area contributed by atoms with Gasteiger partial charge in [-0.3, -0.25) is 9.59 Å². The molecule has 184 valence electrons. The summed E-state index contributed by atoms with van der Waals surface area (Å²) < 4.78 is 0.949. The molecule has 0 aliphatic carbocycles. The minimum atomic E-state index is -0.591. The number of benzene rings is 3. The molecule has 0 bridgehead atoms. The fourth-order valence-electron chi connectivity index (χ4n) is 4.14. The number of carbonyl (C=O) groups is 2. The van der Waals surface area contributed by atoms with Gasteiger partial charge in [-0.1, -0.05) is 96.5 Å². The van der Waals surface area contributed by atoms with Gasteiger partial charge in [0.1, 0.15) is 6.04 Å². The molecule has 4 nitrogen and oxygen atoms in total. The Morgan fingerprint density at radius 3 is 2.20 bits per heavy atom. The van der Waals surface area contributed by atoms with Gasteiger partial charge in [0.15, 0.2) is 0 Å². The van der Waals surface area contributed by atoms with E-state index in [2.05, 4.69) is 59.4 Å². The SMILES string of the molecule is CCNC(=O)[C@H](Cc1ccccc1)N(Cc1cccc(Br)c1)C(=O)CCc1ccc(C(C)C)cc1. The molecule has 0 unspecified atom stereocenters. The first-order valence-electron chi connectivity index (χ1n) is 12.3. The van der Waals surface area contributed by atoms with Gasteiger partial charge in [0.05, 0.1) is 0 Å². The van der Waals surface area contributed by atoms with Gasteiger partial charge in [0, 0.05) is 30.4 Å². The number of hydrogen-bond donors (Lipinski definition) is 1. The van der Waals surface area contributed by atoms with Crippen molar-refractivity contribution in [1.29, 1.82) is 0 Å². The lowest BCUT2D eigenvalue weighted by atomic mass is 9.99. The zero-order valence-corrected chi connectivity index (χ0v) is 22.4. The van der Waals surface area contributed by atoms with E-state index in [1.165, 1.54) is 5.56 Å². The standard InChI is InChI=1S/C30H35BrN2O2/c1-4-32-30(35)28(20-24-9-6-5-7-10-24)33(21-25-11-8-12-27(31)19-25)29(34)18-15-23-13-16-26(17-14-23)22(2)3/h5-14,16-17,19,22,28H,4,15,18,20-21H2,1-3H3,(H,32,35)/t28-/m0/s1. The summed E-state index contributed by atoms with van der Waals surface area (Å²) in [7, 11) is 0. The number of hydrogen-bond acceptors (Lipinski definition) is 2. The van der Waals surface area contributed by atoms with E-state index in [4.69, 9.17) is 0 Å². The maximum Gasteiger partial charge on any atom is 0.243 e. The minimum Gasteiger partial charge on any atom is -0.355 e. The summed E-state index contributed by atoms with van der Waals surface area (Å²) in [5, 5.41) is 2.95. The summed E-state index contributed by atoms with van der Waals surface area (Å²) in [6.45, 7) is 7.14. The fraction of sp³-hybridized carbons (Fsp3) is 0.333. The highest BCUT2D eigenvalue weighted by Crippen LogP contribution is 2.20. The van der Waals surface area contributed by atoms with Gasteiger partial charge >= 0.3 is 0 Å². The average Bonchev–Trinajstić information content (AvgIpc) is 2.85. The number of nitrogens with zero attached hydrogens (tertiary/aromatic N) is 1. The molecule has 0 spiro atoms. The van der Waals surface area contributed by atoms with Gasteiger partial charge in [-0.15, -0.1) is 0 Å². The maximum absolute atomic E-state index is 13.7. The Hall–Kier alpha value is -2.92. The van der Waals surface area contributed by atoms with Crippen LogP contribution >= 0.6 is 15.9 Å². The van der Waals surface area contributed by atoms with Crippen molar-refractivity contribution in [3.63, 3.8) is 0 Å². The molecular formula is C30H35BrN2O2. The number of halogens is 1. The first-order valence-corrected chi connectivity index (χ1v) is 13.1. The van der Waals surface area contributed by atoms with Gasteiger partial charge in [0.25, 0.3) is 0 Å². The second-order valence-electron chi connectivity index (χ2n) is 9.15. The van der Waals surface area contributed by atoms with Crippen LogP contribution in [0.5, 0.6) is 0 Å². The number of amides is 2. The van der Waals surface area contributed by atoms with E-state index in [0.29, 0.717) is 38.3 Å². The first-order chi connectivity index (χ1) is 16.9. The Labute approximate surface area is 217 Å². The highest BCUT2D eigenvalue weighted by Gasteiger charge is 2.30. The number of aryl methyl sites for hydroxylation is 1. The van der Waals surface area contributed by atoms with Crippen LogP contribution in [0.1, 0.15) is 55.4 Å². The second-order valence-corrected chi connectivity index (χ2v) is 10.1. The third kappa shape index (κ3) is 8.07. The number of rotatable bonds is 11. The van der Waals surface area contributed by atoms with E-state index in [1.54, 1.807) is 4.90 Å². The molecule has 3 aromatic carbocycles. The number of carbonyl (C=O) groups excluding carboxylic acids is 2. The molecular weight excluding hydrogens is 500 g/mol. The highest BCUT2D eigenvalue weighted by atomic mass is 79.9. The van der Waals surface area contributed by atoms with Crippen molar-refractivity contribution >= 4 is 27.7 Å². The van der Waals surface area contributed by atoms with Crippen LogP contribution in [0.4, 0.5) is 0 Å². The van der Waals surface area contributed by atoms with Crippen LogP contribution in [0.2, 0.25) is 0 Å². The van der Waals surface area contributed by atoms with Crippen molar-refractivity contribution in [3.05, 3.63) is 106 Å². The van der Waals surface area contributed by atoms with Crippen LogP contribution in [0, 0.1) is 0 Å². The van der Waals surface area contributed by atoms with E-state index >= 15 is 0 Å². The minimum absolute atomic E-state index is 0.0231. The summed E-state index contributed by atoms with van der Waals surface area (Å²) in [5.41, 5.74) is 4.43. The van der Waals surface area contributed by atoms with Crippen LogP contribution in [-0.4, -0.2) is 29.3 Å². The summed E-state index contributed by atoms with van der Waals surface area (Å²) in [6.07, 6.45) is 1.45. The third-order valence-electron chi connectivity index (χ3n) is 6.14. The van der Waals surface area contributed by atoms with E-state index in [0.717, 1.165) is 21.2 Å². The zero-order valence-electron chi connectivity index (χ0n) is 20.8. The fourth-order valence-corrected chi connectivity index (χ4v) is 4.59. The van der Waals surface area contributed by atoms with Crippen LogP contribution in [-0.2, 0) is 29.0 Å². The molecule has 3 aromatic rings. The van der Waals surface area contributed by atoms with Crippen LogP contribution in [0.15, 0.2) is 83.3 Å². The molecule has 3 rings (SSSR count). The topological polar surface area (TPSA) is 49.4 Å². The lowest BCUT2D eigenvalue weighted by molar-refractivity contribution is -0.141. The summed E-state index contributed by atoms with van der Waals surface area (Å²) in [5.74, 6) is 0.327. The van der Waals surface area contributed by atoms with Crippen molar-refractivity contribution in [2.75, 3.05) is 6.54 Å². The van der Waals surface area contributed by atoms with E-state index < -0.39 is 6.04 Å². The van der Waals surface area contributed by atoms with Crippen molar-refractivity contribution < 1.29 is 9.59 Å². The largest absolute Gasteiger partial charge is 0.355 e. The number of likely N-dealkylation sites (N-methyl/N-ethyl adjacent to an activating group) is 1. The molecule has 5 heteroatoms. The average molecular weight is 536 g/mol. The van der Waals surface area contributed by atoms with Crippen molar-refractivity contribution in [2.24, 2.45) is 0 Å². The molecule has 0 radical (unpaired) electrons. The summed E-state index contributed by atoms with van der Waals surface area (Å²) in [4.78, 5) is 28.6. The maximum atomic E-state index is 13.7. The van der Waals surface area contributed by atoms with Gasteiger partial charge < -0.3 is 10.2 Å². The van der Waals surface area contributed by atoms with Crippen LogP contribution in [0.25, 0.3) is 0 Å². The molecule has 1 N–H and O–H groups in total.